The molecule has 1 N–H and O–H groups in total. The van der Waals surface area contributed by atoms with E-state index in [1.54, 1.807) is 11.6 Å². The summed E-state index contributed by atoms with van der Waals surface area (Å²) in [6, 6.07) is 7.89. The monoisotopic (exact) mass is 348 g/mol. The second-order valence-corrected chi connectivity index (χ2v) is 6.73. The Balaban J connectivity index is 1.90. The second kappa shape index (κ2) is 8.73. The molecule has 0 radical (unpaired) electrons. The predicted molar refractivity (Wildman–Crippen MR) is 96.2 cm³/mol. The van der Waals surface area contributed by atoms with E-state index in [0.717, 1.165) is 12.2 Å². The zero-order chi connectivity index (χ0) is 17.5. The maximum Gasteiger partial charge on any atom is 0.276 e. The lowest BCUT2D eigenvalue weighted by atomic mass is 9.99. The number of hydrogen-bond acceptors (Lipinski definition) is 5. The average molecular weight is 348 g/mol. The Morgan fingerprint density at radius 2 is 2.00 bits per heavy atom. The zero-order valence-corrected chi connectivity index (χ0v) is 15.4. The van der Waals surface area contributed by atoms with Crippen molar-refractivity contribution in [3.8, 4) is 5.75 Å². The number of rotatable bonds is 8. The molecular weight excluding hydrogens is 324 g/mol. The third-order valence-electron chi connectivity index (χ3n) is 3.74. The van der Waals surface area contributed by atoms with Crippen LogP contribution >= 0.6 is 11.8 Å². The number of amides is 1. The van der Waals surface area contributed by atoms with Gasteiger partial charge in [0.25, 0.3) is 5.91 Å². The van der Waals surface area contributed by atoms with Crippen molar-refractivity contribution >= 4 is 17.7 Å². The van der Waals surface area contributed by atoms with E-state index in [1.807, 2.05) is 31.2 Å². The molecule has 6 nitrogen and oxygen atoms in total. The van der Waals surface area contributed by atoms with Crippen molar-refractivity contribution in [2.45, 2.75) is 45.2 Å². The molecule has 1 unspecified atom stereocenters. The molecule has 0 saturated heterocycles. The lowest BCUT2D eigenvalue weighted by Crippen LogP contribution is -2.29. The van der Waals surface area contributed by atoms with Crippen LogP contribution in [0.15, 0.2) is 29.4 Å². The third-order valence-corrected chi connectivity index (χ3v) is 4.55. The summed E-state index contributed by atoms with van der Waals surface area (Å²) in [6.45, 7) is 8.11. The zero-order valence-electron chi connectivity index (χ0n) is 14.6. The molecule has 0 bridgehead atoms. The van der Waals surface area contributed by atoms with Crippen molar-refractivity contribution < 1.29 is 9.53 Å². The second-order valence-electron chi connectivity index (χ2n) is 5.50. The van der Waals surface area contributed by atoms with Gasteiger partial charge < -0.3 is 4.74 Å². The van der Waals surface area contributed by atoms with Gasteiger partial charge in [0.2, 0.25) is 5.16 Å². The predicted octanol–water partition coefficient (Wildman–Crippen LogP) is 3.36. The van der Waals surface area contributed by atoms with Gasteiger partial charge in [0.1, 0.15) is 11.6 Å². The number of aromatic nitrogens is 3. The summed E-state index contributed by atoms with van der Waals surface area (Å²) in [5, 5.41) is 8.68. The molecule has 1 amide bonds. The normalized spacial score (nSPS) is 12.0. The van der Waals surface area contributed by atoms with Crippen LogP contribution in [0, 0.1) is 6.92 Å². The van der Waals surface area contributed by atoms with E-state index in [0.29, 0.717) is 22.6 Å². The fourth-order valence-corrected chi connectivity index (χ4v) is 2.79. The van der Waals surface area contributed by atoms with Crippen molar-refractivity contribution in [3.63, 3.8) is 0 Å². The number of nitrogens with one attached hydrogen (secondary N) is 1. The first-order valence-corrected chi connectivity index (χ1v) is 9.11. The minimum atomic E-state index is -0.248. The third kappa shape index (κ3) is 4.74. The summed E-state index contributed by atoms with van der Waals surface area (Å²) >= 11 is 1.52. The van der Waals surface area contributed by atoms with E-state index in [4.69, 9.17) is 4.74 Å². The van der Waals surface area contributed by atoms with Gasteiger partial charge in [-0.2, -0.15) is 0 Å². The maximum atomic E-state index is 12.1. The summed E-state index contributed by atoms with van der Waals surface area (Å²) in [6.07, 6.45) is 1.10. The summed E-state index contributed by atoms with van der Waals surface area (Å²) < 4.78 is 7.14. The van der Waals surface area contributed by atoms with E-state index >= 15 is 0 Å². The van der Waals surface area contributed by atoms with Crippen molar-refractivity contribution in [2.75, 3.05) is 17.8 Å². The minimum absolute atomic E-state index is 0.0590. The fraction of sp³-hybridized carbons (Fsp3) is 0.471. The molecule has 0 aliphatic heterocycles. The van der Waals surface area contributed by atoms with E-state index < -0.39 is 0 Å². The number of thioether (sulfide) groups is 1. The molecule has 1 aromatic carbocycles. The molecule has 0 spiro atoms. The molecule has 2 rings (SSSR count). The summed E-state index contributed by atoms with van der Waals surface area (Å²) in [5.74, 6) is 2.45. The Hall–Kier alpha value is -2.02. The van der Waals surface area contributed by atoms with Gasteiger partial charge in [0.15, 0.2) is 6.61 Å². The molecule has 1 heterocycles. The minimum Gasteiger partial charge on any atom is -0.484 e. The first kappa shape index (κ1) is 18.3. The molecule has 7 heteroatoms. The van der Waals surface area contributed by atoms with Crippen LogP contribution in [-0.4, -0.2) is 33.1 Å². The quantitative estimate of drug-likeness (QED) is 0.741. The number of ether oxygens (including phenoxy) is 1. The molecule has 0 fully saturated rings. The number of nitrogens with zero attached hydrogens (tertiary/aromatic N) is 3. The van der Waals surface area contributed by atoms with Gasteiger partial charge in [-0.15, -0.1) is 10.2 Å². The smallest absolute Gasteiger partial charge is 0.276 e. The first-order valence-electron chi connectivity index (χ1n) is 8.12. The highest BCUT2D eigenvalue weighted by Crippen LogP contribution is 2.21. The van der Waals surface area contributed by atoms with Crippen molar-refractivity contribution in [3.05, 3.63) is 35.7 Å². The van der Waals surface area contributed by atoms with Crippen LogP contribution in [0.5, 0.6) is 5.75 Å². The molecule has 0 aliphatic rings. The summed E-state index contributed by atoms with van der Waals surface area (Å²) in [4.78, 5) is 12.1. The number of aryl methyl sites for hydroxylation is 1. The van der Waals surface area contributed by atoms with Gasteiger partial charge in [-0.3, -0.25) is 10.2 Å². The molecular formula is C17H24N4O2S. The lowest BCUT2D eigenvalue weighted by molar-refractivity contribution is -0.119. The summed E-state index contributed by atoms with van der Waals surface area (Å²) in [5.41, 5.74) is 4.03. The Bertz CT molecular complexity index is 670. The molecule has 1 aromatic heterocycles. The van der Waals surface area contributed by atoms with Crippen molar-refractivity contribution in [2.24, 2.45) is 0 Å². The number of benzene rings is 1. The molecule has 130 valence electrons. The van der Waals surface area contributed by atoms with Gasteiger partial charge in [0, 0.05) is 0 Å². The molecule has 0 saturated carbocycles. The molecule has 2 aromatic rings. The van der Waals surface area contributed by atoms with Gasteiger partial charge in [0.05, 0.1) is 0 Å². The molecule has 24 heavy (non-hydrogen) atoms. The van der Waals surface area contributed by atoms with Crippen LogP contribution in [0.25, 0.3) is 0 Å². The topological polar surface area (TPSA) is 69.0 Å². The fourth-order valence-electron chi connectivity index (χ4n) is 2.13. The number of hydrogen-bond donors (Lipinski definition) is 1. The van der Waals surface area contributed by atoms with E-state index in [2.05, 4.69) is 29.5 Å². The standard InChI is InChI=1S/C17H24N4O2S/c1-5-12(3)14-7-9-15(10-8-14)23-11-16(22)20-21-13(4)18-19-17(21)24-6-2/h7-10,12H,5-6,11H2,1-4H3,(H,20,22). The van der Waals surface area contributed by atoms with Crippen LogP contribution in [0.4, 0.5) is 0 Å². The van der Waals surface area contributed by atoms with Crippen molar-refractivity contribution in [1.82, 2.24) is 14.9 Å². The van der Waals surface area contributed by atoms with Crippen LogP contribution in [0.2, 0.25) is 0 Å². The highest BCUT2D eigenvalue weighted by atomic mass is 32.2. The summed E-state index contributed by atoms with van der Waals surface area (Å²) in [7, 11) is 0. The maximum absolute atomic E-state index is 12.1. The highest BCUT2D eigenvalue weighted by Gasteiger charge is 2.12. The van der Waals surface area contributed by atoms with Crippen LogP contribution in [0.1, 0.15) is 44.5 Å². The Morgan fingerprint density at radius 3 is 2.62 bits per heavy atom. The number of carbonyl (C=O) groups excluding carboxylic acids is 1. The van der Waals surface area contributed by atoms with Crippen LogP contribution in [0.3, 0.4) is 0 Å². The molecule has 1 atom stereocenters. The lowest BCUT2D eigenvalue weighted by Gasteiger charge is -2.12. The Labute approximate surface area is 147 Å². The van der Waals surface area contributed by atoms with E-state index in [-0.39, 0.29) is 12.5 Å². The van der Waals surface area contributed by atoms with E-state index in [1.165, 1.54) is 17.3 Å². The first-order chi connectivity index (χ1) is 11.5. The molecule has 0 aliphatic carbocycles. The van der Waals surface area contributed by atoms with Gasteiger partial charge in [-0.25, -0.2) is 4.68 Å². The van der Waals surface area contributed by atoms with Crippen LogP contribution in [-0.2, 0) is 4.79 Å². The average Bonchev–Trinajstić information content (AvgIpc) is 2.93. The van der Waals surface area contributed by atoms with Gasteiger partial charge >= 0.3 is 0 Å². The number of carbonyl (C=O) groups is 1. The van der Waals surface area contributed by atoms with Gasteiger partial charge in [-0.1, -0.05) is 44.7 Å². The Morgan fingerprint density at radius 1 is 1.29 bits per heavy atom. The SMILES string of the molecule is CCSc1nnc(C)n1NC(=O)COc1ccc(C(C)CC)cc1. The van der Waals surface area contributed by atoms with E-state index in [9.17, 15) is 4.79 Å². The van der Waals surface area contributed by atoms with Crippen LogP contribution < -0.4 is 10.2 Å². The largest absolute Gasteiger partial charge is 0.484 e. The van der Waals surface area contributed by atoms with Crippen molar-refractivity contribution in [1.29, 1.82) is 0 Å². The van der Waals surface area contributed by atoms with Gasteiger partial charge in [-0.05, 0) is 42.7 Å². The highest BCUT2D eigenvalue weighted by molar-refractivity contribution is 7.99. The Kier molecular flexibility index (Phi) is 6.66.